The number of hydrogen-bond donors (Lipinski definition) is 0. The Bertz CT molecular complexity index is 562. The lowest BCUT2D eigenvalue weighted by Crippen LogP contribution is -2.38. The summed E-state index contributed by atoms with van der Waals surface area (Å²) >= 11 is 0. The number of rotatable bonds is 2. The summed E-state index contributed by atoms with van der Waals surface area (Å²) < 4.78 is 1.66. The van der Waals surface area contributed by atoms with Gasteiger partial charge in [0.05, 0.1) is 0 Å². The highest BCUT2D eigenvalue weighted by Crippen LogP contribution is 2.31. The molecule has 1 aromatic heterocycles. The minimum absolute atomic E-state index is 0.0937. The van der Waals surface area contributed by atoms with E-state index >= 15 is 0 Å². The van der Waals surface area contributed by atoms with Crippen LogP contribution in [0.4, 0.5) is 5.69 Å². The van der Waals surface area contributed by atoms with E-state index in [1.165, 1.54) is 5.56 Å². The molecular formula is C14H15N3O. The Morgan fingerprint density at radius 1 is 1.39 bits per heavy atom. The molecule has 0 saturated carbocycles. The Morgan fingerprint density at radius 3 is 3.00 bits per heavy atom. The number of anilines is 1. The van der Waals surface area contributed by atoms with E-state index < -0.39 is 0 Å². The monoisotopic (exact) mass is 241 g/mol. The summed E-state index contributed by atoms with van der Waals surface area (Å²) in [5.74, 6) is 0.0937. The maximum Gasteiger partial charge on any atom is 0.248 e. The van der Waals surface area contributed by atoms with Crippen molar-refractivity contribution in [3.05, 3.63) is 48.3 Å². The summed E-state index contributed by atoms with van der Waals surface area (Å²) in [6.07, 6.45) is 4.43. The number of carbonyl (C=O) groups is 1. The first kappa shape index (κ1) is 11.0. The number of nitrogens with zero attached hydrogens (tertiary/aromatic N) is 3. The molecule has 1 amide bonds. The minimum Gasteiger partial charge on any atom is -0.307 e. The number of para-hydroxylation sites is 1. The highest BCUT2D eigenvalue weighted by molar-refractivity contribution is 5.95. The molecule has 1 aromatic carbocycles. The predicted octanol–water partition coefficient (Wildman–Crippen LogP) is 1.86. The Hall–Kier alpha value is -2.10. The normalized spacial score (nSPS) is 17.8. The lowest BCUT2D eigenvalue weighted by atomic mass is 10.1. The van der Waals surface area contributed by atoms with Crippen molar-refractivity contribution < 1.29 is 4.79 Å². The van der Waals surface area contributed by atoms with Crippen LogP contribution in [0.2, 0.25) is 0 Å². The number of hydrogen-bond acceptors (Lipinski definition) is 2. The fourth-order valence-corrected chi connectivity index (χ4v) is 2.55. The number of fused-ring (bicyclic) bond motifs is 1. The first-order chi connectivity index (χ1) is 8.75. The van der Waals surface area contributed by atoms with Gasteiger partial charge in [-0.2, -0.15) is 5.10 Å². The quantitative estimate of drug-likeness (QED) is 0.805. The predicted molar refractivity (Wildman–Crippen MR) is 69.3 cm³/mol. The molecule has 1 aliphatic rings. The van der Waals surface area contributed by atoms with Crippen LogP contribution in [0.1, 0.15) is 12.5 Å². The molecule has 1 atom stereocenters. The van der Waals surface area contributed by atoms with Crippen LogP contribution >= 0.6 is 0 Å². The first-order valence-corrected chi connectivity index (χ1v) is 6.13. The van der Waals surface area contributed by atoms with E-state index in [2.05, 4.69) is 18.1 Å². The van der Waals surface area contributed by atoms with Crippen LogP contribution in [-0.4, -0.2) is 21.7 Å². The zero-order valence-corrected chi connectivity index (χ0v) is 10.3. The third-order valence-electron chi connectivity index (χ3n) is 3.33. The number of carbonyl (C=O) groups excluding carboxylic acids is 1. The van der Waals surface area contributed by atoms with Crippen molar-refractivity contribution in [2.24, 2.45) is 0 Å². The molecule has 0 spiro atoms. The van der Waals surface area contributed by atoms with Gasteiger partial charge in [-0.3, -0.25) is 9.48 Å². The second-order valence-corrected chi connectivity index (χ2v) is 4.65. The summed E-state index contributed by atoms with van der Waals surface area (Å²) in [4.78, 5) is 14.2. The number of benzene rings is 1. The SMILES string of the molecule is CC1Cc2ccccc2N1C(=O)Cn1cccn1. The zero-order valence-electron chi connectivity index (χ0n) is 10.3. The van der Waals surface area contributed by atoms with Crippen LogP contribution in [-0.2, 0) is 17.8 Å². The molecule has 18 heavy (non-hydrogen) atoms. The molecular weight excluding hydrogens is 226 g/mol. The topological polar surface area (TPSA) is 38.1 Å². The second-order valence-electron chi connectivity index (χ2n) is 4.65. The van der Waals surface area contributed by atoms with Gasteiger partial charge < -0.3 is 4.90 Å². The molecule has 2 heterocycles. The lowest BCUT2D eigenvalue weighted by Gasteiger charge is -2.22. The Morgan fingerprint density at radius 2 is 2.22 bits per heavy atom. The average molecular weight is 241 g/mol. The van der Waals surface area contributed by atoms with Gasteiger partial charge >= 0.3 is 0 Å². The molecule has 3 rings (SSSR count). The molecule has 4 nitrogen and oxygen atoms in total. The Balaban J connectivity index is 1.86. The summed E-state index contributed by atoms with van der Waals surface area (Å²) in [7, 11) is 0. The second kappa shape index (κ2) is 4.29. The van der Waals surface area contributed by atoms with Crippen LogP contribution in [0.25, 0.3) is 0 Å². The maximum absolute atomic E-state index is 12.4. The van der Waals surface area contributed by atoms with Crippen LogP contribution < -0.4 is 4.90 Å². The molecule has 0 aliphatic carbocycles. The van der Waals surface area contributed by atoms with Crippen molar-refractivity contribution in [1.29, 1.82) is 0 Å². The maximum atomic E-state index is 12.4. The van der Waals surface area contributed by atoms with Gasteiger partial charge in [-0.15, -0.1) is 0 Å². The summed E-state index contributed by atoms with van der Waals surface area (Å²) in [5.41, 5.74) is 2.29. The van der Waals surface area contributed by atoms with Crippen molar-refractivity contribution in [3.63, 3.8) is 0 Å². The minimum atomic E-state index is 0.0937. The molecule has 1 aliphatic heterocycles. The van der Waals surface area contributed by atoms with E-state index in [0.29, 0.717) is 6.54 Å². The van der Waals surface area contributed by atoms with Gasteiger partial charge in [0.15, 0.2) is 0 Å². The molecule has 0 bridgehead atoms. The molecule has 1 unspecified atom stereocenters. The van der Waals surface area contributed by atoms with Crippen molar-refractivity contribution >= 4 is 11.6 Å². The zero-order chi connectivity index (χ0) is 12.5. The first-order valence-electron chi connectivity index (χ1n) is 6.13. The highest BCUT2D eigenvalue weighted by atomic mass is 16.2. The van der Waals surface area contributed by atoms with Crippen LogP contribution in [0.15, 0.2) is 42.7 Å². The number of amides is 1. The van der Waals surface area contributed by atoms with Gasteiger partial charge in [0, 0.05) is 24.1 Å². The van der Waals surface area contributed by atoms with Gasteiger partial charge in [-0.05, 0) is 31.0 Å². The molecule has 0 radical (unpaired) electrons. The third-order valence-corrected chi connectivity index (χ3v) is 3.33. The molecule has 0 N–H and O–H groups in total. The fraction of sp³-hybridized carbons (Fsp3) is 0.286. The molecule has 4 heteroatoms. The summed E-state index contributed by atoms with van der Waals surface area (Å²) in [6.45, 7) is 2.38. The Kier molecular flexibility index (Phi) is 2.63. The molecule has 0 saturated heterocycles. The highest BCUT2D eigenvalue weighted by Gasteiger charge is 2.30. The van der Waals surface area contributed by atoms with Gasteiger partial charge in [0.1, 0.15) is 6.54 Å². The van der Waals surface area contributed by atoms with Gasteiger partial charge in [-0.1, -0.05) is 18.2 Å². The molecule has 92 valence electrons. The molecule has 0 fully saturated rings. The summed E-state index contributed by atoms with van der Waals surface area (Å²) in [6, 6.07) is 10.2. The molecule has 2 aromatic rings. The third kappa shape index (κ3) is 1.79. The van der Waals surface area contributed by atoms with Crippen LogP contribution in [0.5, 0.6) is 0 Å². The fourth-order valence-electron chi connectivity index (χ4n) is 2.55. The van der Waals surface area contributed by atoms with E-state index in [1.54, 1.807) is 10.9 Å². The van der Waals surface area contributed by atoms with Gasteiger partial charge in [-0.25, -0.2) is 0 Å². The van der Waals surface area contributed by atoms with Crippen LogP contribution in [0, 0.1) is 0 Å². The average Bonchev–Trinajstić information content (AvgIpc) is 2.94. The lowest BCUT2D eigenvalue weighted by molar-refractivity contribution is -0.119. The smallest absolute Gasteiger partial charge is 0.248 e. The van der Waals surface area contributed by atoms with Crippen molar-refractivity contribution in [3.8, 4) is 0 Å². The van der Waals surface area contributed by atoms with E-state index in [0.717, 1.165) is 12.1 Å². The summed E-state index contributed by atoms with van der Waals surface area (Å²) in [5, 5.41) is 4.08. The van der Waals surface area contributed by atoms with E-state index in [1.807, 2.05) is 35.4 Å². The van der Waals surface area contributed by atoms with E-state index in [4.69, 9.17) is 0 Å². The van der Waals surface area contributed by atoms with Crippen molar-refractivity contribution in [2.75, 3.05) is 4.90 Å². The van der Waals surface area contributed by atoms with Crippen LogP contribution in [0.3, 0.4) is 0 Å². The van der Waals surface area contributed by atoms with E-state index in [9.17, 15) is 4.79 Å². The standard InChI is InChI=1S/C14H15N3O/c1-11-9-12-5-2-3-6-13(12)17(11)14(18)10-16-8-4-7-15-16/h2-8,11H,9-10H2,1H3. The Labute approximate surface area is 106 Å². The van der Waals surface area contributed by atoms with E-state index in [-0.39, 0.29) is 11.9 Å². The van der Waals surface area contributed by atoms with Crippen molar-refractivity contribution in [1.82, 2.24) is 9.78 Å². The number of aromatic nitrogens is 2. The van der Waals surface area contributed by atoms with Gasteiger partial charge in [0.25, 0.3) is 0 Å². The van der Waals surface area contributed by atoms with Crippen molar-refractivity contribution in [2.45, 2.75) is 25.9 Å². The van der Waals surface area contributed by atoms with Gasteiger partial charge in [0.2, 0.25) is 5.91 Å². The largest absolute Gasteiger partial charge is 0.307 e.